The highest BCUT2D eigenvalue weighted by molar-refractivity contribution is 5.81. The van der Waals surface area contributed by atoms with Crippen molar-refractivity contribution in [1.82, 2.24) is 5.01 Å². The van der Waals surface area contributed by atoms with Crippen LogP contribution in [-0.4, -0.2) is 17.9 Å². The Morgan fingerprint density at radius 1 is 1.50 bits per heavy atom. The second kappa shape index (κ2) is 4.22. The third kappa shape index (κ3) is 2.10. The van der Waals surface area contributed by atoms with Gasteiger partial charge in [-0.2, -0.15) is 5.10 Å². The Bertz CT molecular complexity index is 317. The van der Waals surface area contributed by atoms with Crippen molar-refractivity contribution in [3.8, 4) is 0 Å². The van der Waals surface area contributed by atoms with Gasteiger partial charge in [0.15, 0.2) is 5.82 Å². The molecule has 1 aliphatic heterocycles. The minimum Gasteiger partial charge on any atom is -0.237 e. The second-order valence-electron chi connectivity index (χ2n) is 3.85. The number of nitrogens with zero attached hydrogens (tertiary/aromatic N) is 3. The normalized spacial score (nSPS) is 15.9. The van der Waals surface area contributed by atoms with Crippen LogP contribution in [-0.2, 0) is 0 Å². The summed E-state index contributed by atoms with van der Waals surface area (Å²) < 4.78 is 0. The first-order chi connectivity index (χ1) is 6.56. The van der Waals surface area contributed by atoms with Crippen molar-refractivity contribution in [1.29, 1.82) is 0 Å². The standard InChI is InChI=1S/C11H17N3/c1-8(2)10-6-13-11(9(3)4)14(7-10)12-5/h6-8H,5H2,1-4H3. The van der Waals surface area contributed by atoms with E-state index in [9.17, 15) is 0 Å². The summed E-state index contributed by atoms with van der Waals surface area (Å²) in [5.74, 6) is 1.33. The van der Waals surface area contributed by atoms with E-state index in [1.165, 1.54) is 5.57 Å². The van der Waals surface area contributed by atoms with Gasteiger partial charge in [-0.25, -0.2) is 10.0 Å². The summed E-state index contributed by atoms with van der Waals surface area (Å²) in [6, 6.07) is 0. The smallest absolute Gasteiger partial charge is 0.151 e. The van der Waals surface area contributed by atoms with Crippen LogP contribution in [0.5, 0.6) is 0 Å². The molecule has 0 saturated heterocycles. The first kappa shape index (κ1) is 10.7. The van der Waals surface area contributed by atoms with Crippen LogP contribution in [0.3, 0.4) is 0 Å². The largest absolute Gasteiger partial charge is 0.237 e. The molecule has 0 fully saturated rings. The summed E-state index contributed by atoms with van der Waals surface area (Å²) in [5, 5.41) is 5.64. The SMILES string of the molecule is C=NN1C=C(C(C)C)C=NC1=C(C)C. The van der Waals surface area contributed by atoms with Gasteiger partial charge >= 0.3 is 0 Å². The molecule has 0 aromatic rings. The second-order valence-corrected chi connectivity index (χ2v) is 3.85. The number of hydrogen-bond acceptors (Lipinski definition) is 3. The molecule has 76 valence electrons. The van der Waals surface area contributed by atoms with E-state index in [2.05, 4.69) is 30.7 Å². The van der Waals surface area contributed by atoms with E-state index in [-0.39, 0.29) is 0 Å². The minimum atomic E-state index is 0.460. The molecule has 0 aromatic heterocycles. The molecule has 3 nitrogen and oxygen atoms in total. The Hall–Kier alpha value is -1.38. The average molecular weight is 191 g/mol. The fourth-order valence-corrected chi connectivity index (χ4v) is 1.19. The third-order valence-electron chi connectivity index (χ3n) is 2.09. The van der Waals surface area contributed by atoms with Crippen LogP contribution >= 0.6 is 0 Å². The summed E-state index contributed by atoms with van der Waals surface area (Å²) in [7, 11) is 0. The Labute approximate surface area is 85.5 Å². The Morgan fingerprint density at radius 2 is 2.14 bits per heavy atom. The van der Waals surface area contributed by atoms with Crippen molar-refractivity contribution in [2.24, 2.45) is 16.0 Å². The lowest BCUT2D eigenvalue weighted by Gasteiger charge is -2.22. The first-order valence-electron chi connectivity index (χ1n) is 4.75. The van der Waals surface area contributed by atoms with E-state index in [0.29, 0.717) is 5.92 Å². The van der Waals surface area contributed by atoms with Gasteiger partial charge in [-0.1, -0.05) is 13.8 Å². The van der Waals surface area contributed by atoms with Crippen molar-refractivity contribution in [3.05, 3.63) is 23.2 Å². The molecule has 0 aliphatic carbocycles. The van der Waals surface area contributed by atoms with Gasteiger partial charge < -0.3 is 0 Å². The van der Waals surface area contributed by atoms with Crippen LogP contribution in [0.15, 0.2) is 33.3 Å². The highest BCUT2D eigenvalue weighted by Crippen LogP contribution is 2.21. The molecule has 14 heavy (non-hydrogen) atoms. The molecule has 0 unspecified atom stereocenters. The van der Waals surface area contributed by atoms with E-state index in [4.69, 9.17) is 0 Å². The summed E-state index contributed by atoms with van der Waals surface area (Å²) in [6.07, 6.45) is 3.88. The van der Waals surface area contributed by atoms with Crippen LogP contribution in [0, 0.1) is 5.92 Å². The van der Waals surface area contributed by atoms with Gasteiger partial charge in [-0.15, -0.1) is 0 Å². The van der Waals surface area contributed by atoms with Crippen molar-refractivity contribution < 1.29 is 0 Å². The van der Waals surface area contributed by atoms with Crippen LogP contribution < -0.4 is 0 Å². The number of aliphatic imine (C=N–C) groups is 1. The molecule has 0 atom stereocenters. The number of rotatable bonds is 2. The predicted molar refractivity (Wildman–Crippen MR) is 61.2 cm³/mol. The fraction of sp³-hybridized carbons (Fsp3) is 0.455. The molecule has 0 aromatic carbocycles. The maximum absolute atomic E-state index is 4.36. The molecule has 0 N–H and O–H groups in total. The molecular formula is C11H17N3. The van der Waals surface area contributed by atoms with Gasteiger partial charge in [0, 0.05) is 19.1 Å². The maximum Gasteiger partial charge on any atom is 0.151 e. The van der Waals surface area contributed by atoms with Gasteiger partial charge in [0.2, 0.25) is 0 Å². The summed E-state index contributed by atoms with van der Waals surface area (Å²) in [6.45, 7) is 11.8. The zero-order valence-electron chi connectivity index (χ0n) is 9.28. The fourth-order valence-electron chi connectivity index (χ4n) is 1.19. The van der Waals surface area contributed by atoms with Crippen molar-refractivity contribution in [2.75, 3.05) is 0 Å². The maximum atomic E-state index is 4.36. The quantitative estimate of drug-likeness (QED) is 0.617. The van der Waals surface area contributed by atoms with Crippen molar-refractivity contribution >= 4 is 12.9 Å². The molecule has 0 spiro atoms. The van der Waals surface area contributed by atoms with E-state index in [0.717, 1.165) is 11.4 Å². The van der Waals surface area contributed by atoms with Gasteiger partial charge in [0.25, 0.3) is 0 Å². The highest BCUT2D eigenvalue weighted by atomic mass is 15.5. The lowest BCUT2D eigenvalue weighted by atomic mass is 10.1. The van der Waals surface area contributed by atoms with Crippen LogP contribution in [0.4, 0.5) is 0 Å². The van der Waals surface area contributed by atoms with Crippen LogP contribution in [0.2, 0.25) is 0 Å². The molecule has 3 heteroatoms. The van der Waals surface area contributed by atoms with Gasteiger partial charge in [0.05, 0.1) is 0 Å². The average Bonchev–Trinajstić information content (AvgIpc) is 2.16. The molecular weight excluding hydrogens is 174 g/mol. The zero-order valence-corrected chi connectivity index (χ0v) is 9.28. The number of hydrogen-bond donors (Lipinski definition) is 0. The van der Waals surface area contributed by atoms with Crippen LogP contribution in [0.1, 0.15) is 27.7 Å². The molecule has 0 radical (unpaired) electrons. The summed E-state index contributed by atoms with van der Waals surface area (Å²) in [5.41, 5.74) is 2.30. The number of allylic oxidation sites excluding steroid dienone is 2. The van der Waals surface area contributed by atoms with Crippen molar-refractivity contribution in [2.45, 2.75) is 27.7 Å². The van der Waals surface area contributed by atoms with Gasteiger partial charge in [-0.3, -0.25) is 0 Å². The van der Waals surface area contributed by atoms with E-state index in [1.807, 2.05) is 26.3 Å². The summed E-state index contributed by atoms with van der Waals surface area (Å²) in [4.78, 5) is 4.36. The number of hydrazone groups is 1. The topological polar surface area (TPSA) is 28.0 Å². The van der Waals surface area contributed by atoms with E-state index >= 15 is 0 Å². The first-order valence-corrected chi connectivity index (χ1v) is 4.75. The Balaban J connectivity index is 3.03. The third-order valence-corrected chi connectivity index (χ3v) is 2.09. The predicted octanol–water partition coefficient (Wildman–Crippen LogP) is 2.78. The van der Waals surface area contributed by atoms with Gasteiger partial charge in [-0.05, 0) is 30.9 Å². The highest BCUT2D eigenvalue weighted by Gasteiger charge is 2.13. The molecule has 1 heterocycles. The molecule has 1 aliphatic rings. The lowest BCUT2D eigenvalue weighted by Crippen LogP contribution is -2.16. The summed E-state index contributed by atoms with van der Waals surface area (Å²) >= 11 is 0. The minimum absolute atomic E-state index is 0.460. The Morgan fingerprint density at radius 3 is 2.57 bits per heavy atom. The van der Waals surface area contributed by atoms with E-state index in [1.54, 1.807) is 5.01 Å². The zero-order chi connectivity index (χ0) is 10.7. The Kier molecular flexibility index (Phi) is 3.23. The molecule has 0 saturated carbocycles. The molecule has 0 amide bonds. The lowest BCUT2D eigenvalue weighted by molar-refractivity contribution is 0.477. The van der Waals surface area contributed by atoms with Crippen LogP contribution in [0.25, 0.3) is 0 Å². The van der Waals surface area contributed by atoms with Crippen molar-refractivity contribution in [3.63, 3.8) is 0 Å². The van der Waals surface area contributed by atoms with Gasteiger partial charge in [0.1, 0.15) is 0 Å². The molecule has 0 bridgehead atoms. The molecule has 1 rings (SSSR count). The monoisotopic (exact) mass is 191 g/mol. The van der Waals surface area contributed by atoms with E-state index < -0.39 is 0 Å².